The molecule has 7 atom stereocenters. The molecule has 0 aliphatic carbocycles. The number of carbonyl (C=O) groups excluding carboxylic acids is 2. The maximum Gasteiger partial charge on any atom is 0.405 e. The Bertz CT molecular complexity index is 1240. The van der Waals surface area contributed by atoms with Gasteiger partial charge >= 0.3 is 6.09 Å². The van der Waals surface area contributed by atoms with E-state index >= 15 is 0 Å². The van der Waals surface area contributed by atoms with Crippen LogP contribution < -0.4 is 11.1 Å². The van der Waals surface area contributed by atoms with E-state index in [-0.39, 0.29) is 47.2 Å². The number of fused-ring (bicyclic) bond motifs is 2. The number of phenolic OH excluding ortho intramolecular Hbond substituents is 2. The number of aliphatic imine (C=N–C) groups is 1. The van der Waals surface area contributed by atoms with Crippen LogP contribution in [0.15, 0.2) is 47.0 Å². The smallest absolute Gasteiger partial charge is 0.405 e. The van der Waals surface area contributed by atoms with E-state index in [4.69, 9.17) is 19.9 Å². The van der Waals surface area contributed by atoms with Crippen LogP contribution in [-0.4, -0.2) is 83.4 Å². The molecule has 43 heavy (non-hydrogen) atoms. The van der Waals surface area contributed by atoms with E-state index in [9.17, 15) is 30.0 Å². The normalized spacial score (nSPS) is 28.1. The number of phenols is 2. The predicted molar refractivity (Wildman–Crippen MR) is 164 cm³/mol. The molecule has 0 saturated carbocycles. The van der Waals surface area contributed by atoms with Crippen molar-refractivity contribution in [2.24, 2.45) is 22.6 Å². The van der Waals surface area contributed by atoms with E-state index in [1.807, 2.05) is 6.92 Å². The number of rotatable bonds is 5. The molecule has 0 spiro atoms. The Balaban J connectivity index is 2.69. The summed E-state index contributed by atoms with van der Waals surface area (Å²) < 4.78 is 16.5. The number of hydrogen-bond acceptors (Lipinski definition) is 10. The first kappa shape index (κ1) is 35.5. The van der Waals surface area contributed by atoms with Crippen molar-refractivity contribution in [3.63, 3.8) is 0 Å². The van der Waals surface area contributed by atoms with E-state index in [1.165, 1.54) is 45.6 Å². The van der Waals surface area contributed by atoms with Gasteiger partial charge in [0.15, 0.2) is 6.10 Å². The third-order valence-electron chi connectivity index (χ3n) is 7.51. The zero-order chi connectivity index (χ0) is 32.4. The molecule has 0 radical (unpaired) electrons. The topological polar surface area (TPSA) is 193 Å². The van der Waals surface area contributed by atoms with Gasteiger partial charge in [0.1, 0.15) is 23.3 Å². The molecule has 238 valence electrons. The van der Waals surface area contributed by atoms with Gasteiger partial charge < -0.3 is 45.7 Å². The number of benzene rings is 1. The summed E-state index contributed by atoms with van der Waals surface area (Å²) in [5.74, 6) is -1.82. The SMILES string of the molecule is C=CC=Nc1c(O)cc2c(O)c1C[C@@H](C)C[C@H](OC)[C@H](O)[C@@H](C)C=C(C)[C@H](OC(N)=O)[C@@H](OC)C(O)CC=C(C)C(=O)N2. The number of nitrogens with zero attached hydrogens (tertiary/aromatic N) is 1. The zero-order valence-corrected chi connectivity index (χ0v) is 25.6. The molecule has 1 aliphatic rings. The first-order chi connectivity index (χ1) is 20.2. The van der Waals surface area contributed by atoms with Gasteiger partial charge in [-0.15, -0.1) is 0 Å². The summed E-state index contributed by atoms with van der Waals surface area (Å²) in [6.45, 7) is 10.5. The summed E-state index contributed by atoms with van der Waals surface area (Å²) in [7, 11) is 2.82. The lowest BCUT2D eigenvalue weighted by Gasteiger charge is -2.31. The second kappa shape index (κ2) is 16.2. The standard InChI is InChI=1S/C31H45N3O9/c1-8-11-33-25-20-12-16(2)13-24(41-6)26(37)18(4)14-19(5)28(43-31(32)40)29(42-7)22(35)10-9-17(3)30(39)34-21(27(20)38)15-23(25)36/h8-9,11,14-16,18,22,24,26,28-29,35-38H,1,10,12-13H2,2-7H3,(H2,32,40)(H,34,39)/t16-,18+,22?,24+,26-,28+,29+/m1/s1. The molecule has 1 unspecified atom stereocenters. The molecule has 1 aromatic rings. The molecule has 2 rings (SSSR count). The first-order valence-corrected chi connectivity index (χ1v) is 14.0. The van der Waals surface area contributed by atoms with E-state index in [1.54, 1.807) is 19.9 Å². The lowest BCUT2D eigenvalue weighted by atomic mass is 9.87. The first-order valence-electron chi connectivity index (χ1n) is 14.0. The number of allylic oxidation sites excluding steroid dienone is 1. The molecule has 12 nitrogen and oxygen atoms in total. The summed E-state index contributed by atoms with van der Waals surface area (Å²) in [4.78, 5) is 29.1. The van der Waals surface area contributed by atoms with Gasteiger partial charge in [-0.3, -0.25) is 9.79 Å². The minimum Gasteiger partial charge on any atom is -0.506 e. The van der Waals surface area contributed by atoms with Crippen molar-refractivity contribution in [1.29, 1.82) is 0 Å². The highest BCUT2D eigenvalue weighted by Crippen LogP contribution is 2.44. The molecule has 12 heteroatoms. The van der Waals surface area contributed by atoms with Crippen LogP contribution in [0.3, 0.4) is 0 Å². The van der Waals surface area contributed by atoms with Crippen LogP contribution in [0.5, 0.6) is 11.5 Å². The van der Waals surface area contributed by atoms with Gasteiger partial charge in [-0.2, -0.15) is 0 Å². The van der Waals surface area contributed by atoms with Crippen molar-refractivity contribution >= 4 is 29.6 Å². The van der Waals surface area contributed by atoms with E-state index in [0.717, 1.165) is 0 Å². The number of carbonyl (C=O) groups is 2. The predicted octanol–water partition coefficient (Wildman–Crippen LogP) is 3.64. The minimum atomic E-state index is -1.23. The van der Waals surface area contributed by atoms with Gasteiger partial charge in [0.2, 0.25) is 0 Å². The van der Waals surface area contributed by atoms with Crippen LogP contribution in [0, 0.1) is 11.8 Å². The van der Waals surface area contributed by atoms with Crippen molar-refractivity contribution in [1.82, 2.24) is 0 Å². The lowest BCUT2D eigenvalue weighted by Crippen LogP contribution is -2.43. The average molecular weight is 604 g/mol. The highest BCUT2D eigenvalue weighted by atomic mass is 16.6. The van der Waals surface area contributed by atoms with Gasteiger partial charge in [0.05, 0.1) is 24.0 Å². The quantitative estimate of drug-likeness (QED) is 0.126. The van der Waals surface area contributed by atoms with Crippen molar-refractivity contribution in [2.45, 2.75) is 77.5 Å². The molecular weight excluding hydrogens is 558 g/mol. The maximum atomic E-state index is 13.0. The van der Waals surface area contributed by atoms with Gasteiger partial charge in [0.25, 0.3) is 5.91 Å². The Morgan fingerprint density at radius 1 is 1.19 bits per heavy atom. The van der Waals surface area contributed by atoms with Gasteiger partial charge in [0, 0.05) is 43.6 Å². The fourth-order valence-corrected chi connectivity index (χ4v) is 5.18. The number of nitrogens with two attached hydrogens (primary N) is 1. The van der Waals surface area contributed by atoms with Crippen LogP contribution in [0.4, 0.5) is 16.2 Å². The fourth-order valence-electron chi connectivity index (χ4n) is 5.18. The van der Waals surface area contributed by atoms with Crippen LogP contribution in [0.1, 0.15) is 46.1 Å². The Morgan fingerprint density at radius 2 is 1.86 bits per heavy atom. The van der Waals surface area contributed by atoms with E-state index in [2.05, 4.69) is 16.9 Å². The zero-order valence-electron chi connectivity index (χ0n) is 25.6. The number of aliphatic hydroxyl groups excluding tert-OH is 2. The number of aromatic hydroxyl groups is 2. The van der Waals surface area contributed by atoms with Crippen molar-refractivity contribution in [3.05, 3.63) is 47.6 Å². The average Bonchev–Trinajstić information content (AvgIpc) is 2.95. The molecule has 0 saturated heterocycles. The summed E-state index contributed by atoms with van der Waals surface area (Å²) in [6, 6.07) is 1.20. The third-order valence-corrected chi connectivity index (χ3v) is 7.51. The van der Waals surface area contributed by atoms with Gasteiger partial charge in [-0.25, -0.2) is 4.79 Å². The highest BCUT2D eigenvalue weighted by Gasteiger charge is 2.34. The number of primary amides is 1. The van der Waals surface area contributed by atoms with E-state index in [0.29, 0.717) is 17.6 Å². The minimum absolute atomic E-state index is 0.0325. The largest absolute Gasteiger partial charge is 0.506 e. The van der Waals surface area contributed by atoms with Crippen molar-refractivity contribution < 1.29 is 44.2 Å². The Morgan fingerprint density at radius 3 is 2.44 bits per heavy atom. The number of nitrogens with one attached hydrogen (secondary N) is 1. The number of hydrogen-bond donors (Lipinski definition) is 6. The van der Waals surface area contributed by atoms with E-state index < -0.39 is 48.4 Å². The molecule has 7 N–H and O–H groups in total. The van der Waals surface area contributed by atoms with Crippen LogP contribution >= 0.6 is 0 Å². The second-order valence-electron chi connectivity index (χ2n) is 10.9. The maximum absolute atomic E-state index is 13.0. The van der Waals surface area contributed by atoms with Crippen molar-refractivity contribution in [2.75, 3.05) is 19.5 Å². The Kier molecular flexibility index (Phi) is 13.4. The number of aliphatic hydroxyl groups is 2. The molecule has 0 aromatic heterocycles. The van der Waals surface area contributed by atoms with Crippen molar-refractivity contribution in [3.8, 4) is 11.5 Å². The number of ether oxygens (including phenoxy) is 3. The summed E-state index contributed by atoms with van der Waals surface area (Å²) in [5, 5.41) is 46.9. The molecule has 1 aromatic carbocycles. The summed E-state index contributed by atoms with van der Waals surface area (Å²) >= 11 is 0. The molecule has 0 fully saturated rings. The molecule has 1 aliphatic heterocycles. The fraction of sp³-hybridized carbons (Fsp3) is 0.516. The highest BCUT2D eigenvalue weighted by molar-refractivity contribution is 6.04. The second-order valence-corrected chi connectivity index (χ2v) is 10.9. The molecule has 1 heterocycles. The summed E-state index contributed by atoms with van der Waals surface area (Å²) in [5.41, 5.74) is 6.40. The van der Waals surface area contributed by atoms with Crippen LogP contribution in [-0.2, 0) is 25.4 Å². The third kappa shape index (κ3) is 9.39. The van der Waals surface area contributed by atoms with Gasteiger partial charge in [-0.1, -0.05) is 38.7 Å². The Labute approximate surface area is 252 Å². The number of amides is 2. The Hall–Kier alpha value is -3.71. The van der Waals surface area contributed by atoms with Gasteiger partial charge in [-0.05, 0) is 44.6 Å². The monoisotopic (exact) mass is 603 g/mol. The number of anilines is 1. The molecule has 2 bridgehead atoms. The van der Waals surface area contributed by atoms with Crippen LogP contribution in [0.25, 0.3) is 0 Å². The molecular formula is C31H45N3O9. The lowest BCUT2D eigenvalue weighted by molar-refractivity contribution is -0.112. The summed E-state index contributed by atoms with van der Waals surface area (Å²) in [6.07, 6.45) is 0.357. The molecule has 2 amide bonds. The van der Waals surface area contributed by atoms with Crippen LogP contribution in [0.2, 0.25) is 0 Å². The number of methoxy groups -OCH3 is 2.